The van der Waals surface area contributed by atoms with Crippen molar-refractivity contribution in [2.45, 2.75) is 43.9 Å². The molecule has 0 aromatic heterocycles. The van der Waals surface area contributed by atoms with Gasteiger partial charge in [-0.05, 0) is 5.92 Å². The number of ether oxygens (including phenoxy) is 1. The van der Waals surface area contributed by atoms with Crippen molar-refractivity contribution in [2.24, 2.45) is 5.92 Å². The van der Waals surface area contributed by atoms with Crippen LogP contribution in [-0.4, -0.2) is 74.8 Å². The van der Waals surface area contributed by atoms with Crippen LogP contribution in [0.1, 0.15) is 13.8 Å². The van der Waals surface area contributed by atoms with Crippen LogP contribution >= 0.6 is 0 Å². The maximum Gasteiger partial charge on any atom is 0.321 e. The summed E-state index contributed by atoms with van der Waals surface area (Å²) in [6, 6.07) is -1.08. The molecular formula is C11H21NO7. The fourth-order valence-electron chi connectivity index (χ4n) is 2.11. The van der Waals surface area contributed by atoms with E-state index in [-0.39, 0.29) is 5.92 Å². The summed E-state index contributed by atoms with van der Waals surface area (Å²) in [4.78, 5) is 11.1. The van der Waals surface area contributed by atoms with E-state index in [9.17, 15) is 20.1 Å². The van der Waals surface area contributed by atoms with Crippen molar-refractivity contribution in [3.05, 3.63) is 0 Å². The molecule has 1 fully saturated rings. The topological polar surface area (TPSA) is 139 Å². The molecule has 6 N–H and O–H groups in total. The Morgan fingerprint density at radius 1 is 1.37 bits per heavy atom. The number of hydrogen-bond donors (Lipinski definition) is 6. The third-order valence-electron chi connectivity index (χ3n) is 3.29. The minimum absolute atomic E-state index is 0.331. The molecule has 0 aromatic carbocycles. The van der Waals surface area contributed by atoms with E-state index >= 15 is 0 Å². The van der Waals surface area contributed by atoms with Gasteiger partial charge in [-0.2, -0.15) is 0 Å². The lowest BCUT2D eigenvalue weighted by Crippen LogP contribution is -2.63. The van der Waals surface area contributed by atoms with Crippen molar-refractivity contribution in [3.8, 4) is 0 Å². The van der Waals surface area contributed by atoms with Gasteiger partial charge in [0, 0.05) is 0 Å². The molecule has 0 saturated carbocycles. The zero-order valence-corrected chi connectivity index (χ0v) is 10.9. The van der Waals surface area contributed by atoms with Crippen molar-refractivity contribution in [2.75, 3.05) is 13.2 Å². The molecule has 0 amide bonds. The molecule has 8 heteroatoms. The maximum atomic E-state index is 11.1. The monoisotopic (exact) mass is 279 g/mol. The average Bonchev–Trinajstić information content (AvgIpc) is 2.60. The van der Waals surface area contributed by atoms with Crippen LogP contribution in [0, 0.1) is 5.92 Å². The van der Waals surface area contributed by atoms with Gasteiger partial charge in [-0.25, -0.2) is 0 Å². The lowest BCUT2D eigenvalue weighted by atomic mass is 9.98. The fraction of sp³-hybridized carbons (Fsp3) is 0.909. The molecular weight excluding hydrogens is 258 g/mol. The Hall–Kier alpha value is -0.770. The number of carbonyl (C=O) groups is 1. The molecule has 0 aliphatic carbocycles. The molecule has 1 aliphatic rings. The summed E-state index contributed by atoms with van der Waals surface area (Å²) in [5, 5.41) is 49.6. The predicted molar refractivity (Wildman–Crippen MR) is 63.2 cm³/mol. The van der Waals surface area contributed by atoms with Crippen LogP contribution in [0.3, 0.4) is 0 Å². The second kappa shape index (κ2) is 6.12. The molecule has 0 bridgehead atoms. The van der Waals surface area contributed by atoms with E-state index in [1.165, 1.54) is 0 Å². The number of aliphatic hydroxyl groups is 4. The summed E-state index contributed by atoms with van der Waals surface area (Å²) < 4.78 is 5.23. The third-order valence-corrected chi connectivity index (χ3v) is 3.29. The summed E-state index contributed by atoms with van der Waals surface area (Å²) in [6.45, 7) is 2.01. The summed E-state index contributed by atoms with van der Waals surface area (Å²) in [5.41, 5.74) is -1.81. The van der Waals surface area contributed by atoms with E-state index in [4.69, 9.17) is 14.9 Å². The van der Waals surface area contributed by atoms with Gasteiger partial charge < -0.3 is 30.3 Å². The highest BCUT2D eigenvalue weighted by atomic mass is 16.6. The molecule has 5 atom stereocenters. The largest absolute Gasteiger partial charge is 0.480 e. The van der Waals surface area contributed by atoms with Gasteiger partial charge in [0.25, 0.3) is 0 Å². The van der Waals surface area contributed by atoms with Gasteiger partial charge in [-0.1, -0.05) is 13.8 Å². The molecule has 1 unspecified atom stereocenters. The number of carboxylic acid groups (broad SMARTS) is 1. The maximum absolute atomic E-state index is 11.1. The van der Waals surface area contributed by atoms with Crippen molar-refractivity contribution in [1.82, 2.24) is 5.32 Å². The quantitative estimate of drug-likeness (QED) is 0.313. The standard InChI is InChI=1S/C11H21NO7/c1-5(2)7(10(17)18)12-11(4-14)9(16)8(15)6(3-13)19-11/h5-9,12-16H,3-4H2,1-2H3,(H,17,18)/t6-,7-,8-,9+,11?/m1/s1. The van der Waals surface area contributed by atoms with Crippen LogP contribution < -0.4 is 5.32 Å². The van der Waals surface area contributed by atoms with Gasteiger partial charge >= 0.3 is 5.97 Å². The predicted octanol–water partition coefficient (Wildman–Crippen LogP) is -2.51. The Morgan fingerprint density at radius 2 is 1.95 bits per heavy atom. The number of hydrogen-bond acceptors (Lipinski definition) is 7. The van der Waals surface area contributed by atoms with Gasteiger partial charge in [0.1, 0.15) is 24.4 Å². The van der Waals surface area contributed by atoms with E-state index in [0.717, 1.165) is 0 Å². The molecule has 1 rings (SSSR count). The first-order valence-electron chi connectivity index (χ1n) is 6.05. The number of nitrogens with one attached hydrogen (secondary N) is 1. The lowest BCUT2D eigenvalue weighted by Gasteiger charge is -2.35. The molecule has 0 aromatic rings. The van der Waals surface area contributed by atoms with E-state index in [1.807, 2.05) is 0 Å². The normalized spacial score (nSPS) is 36.7. The van der Waals surface area contributed by atoms with Gasteiger partial charge in [-0.3, -0.25) is 10.1 Å². The summed E-state index contributed by atoms with van der Waals surface area (Å²) >= 11 is 0. The van der Waals surface area contributed by atoms with Gasteiger partial charge in [0.2, 0.25) is 0 Å². The number of rotatable bonds is 6. The van der Waals surface area contributed by atoms with Crippen LogP contribution in [0.4, 0.5) is 0 Å². The minimum atomic E-state index is -1.81. The first kappa shape index (κ1) is 16.3. The Bertz CT molecular complexity index is 324. The van der Waals surface area contributed by atoms with Crippen molar-refractivity contribution >= 4 is 5.97 Å². The van der Waals surface area contributed by atoms with Crippen molar-refractivity contribution in [1.29, 1.82) is 0 Å². The molecule has 19 heavy (non-hydrogen) atoms. The Labute approximate surface area is 110 Å². The highest BCUT2D eigenvalue weighted by Gasteiger charge is 2.55. The zero-order valence-electron chi connectivity index (χ0n) is 10.9. The van der Waals surface area contributed by atoms with Crippen LogP contribution in [0.15, 0.2) is 0 Å². The number of aliphatic hydroxyl groups excluding tert-OH is 4. The molecule has 0 radical (unpaired) electrons. The minimum Gasteiger partial charge on any atom is -0.480 e. The molecule has 0 spiro atoms. The average molecular weight is 279 g/mol. The molecule has 112 valence electrons. The second-order valence-corrected chi connectivity index (χ2v) is 5.03. The van der Waals surface area contributed by atoms with E-state index in [2.05, 4.69) is 5.32 Å². The van der Waals surface area contributed by atoms with Gasteiger partial charge in [-0.15, -0.1) is 0 Å². The van der Waals surface area contributed by atoms with Crippen LogP contribution in [0.25, 0.3) is 0 Å². The highest BCUT2D eigenvalue weighted by molar-refractivity contribution is 5.73. The molecule has 1 aliphatic heterocycles. The Morgan fingerprint density at radius 3 is 2.26 bits per heavy atom. The fourth-order valence-corrected chi connectivity index (χ4v) is 2.11. The second-order valence-electron chi connectivity index (χ2n) is 5.03. The van der Waals surface area contributed by atoms with E-state index in [1.54, 1.807) is 13.8 Å². The Balaban J connectivity index is 2.95. The van der Waals surface area contributed by atoms with Crippen LogP contribution in [-0.2, 0) is 9.53 Å². The molecule has 1 saturated heterocycles. The van der Waals surface area contributed by atoms with E-state index < -0.39 is 49.3 Å². The van der Waals surface area contributed by atoms with E-state index in [0.29, 0.717) is 0 Å². The zero-order chi connectivity index (χ0) is 14.8. The Kier molecular flexibility index (Phi) is 5.25. The first-order chi connectivity index (χ1) is 8.79. The number of carboxylic acids is 1. The molecule has 1 heterocycles. The highest BCUT2D eigenvalue weighted by Crippen LogP contribution is 2.30. The van der Waals surface area contributed by atoms with Crippen LogP contribution in [0.5, 0.6) is 0 Å². The summed E-state index contributed by atoms with van der Waals surface area (Å²) in [7, 11) is 0. The van der Waals surface area contributed by atoms with Crippen molar-refractivity contribution in [3.63, 3.8) is 0 Å². The van der Waals surface area contributed by atoms with Crippen LogP contribution in [0.2, 0.25) is 0 Å². The lowest BCUT2D eigenvalue weighted by molar-refractivity contribution is -0.160. The SMILES string of the molecule is CC(C)[C@@H](NC1(CO)O[C@H](CO)[C@@H](O)[C@@H]1O)C(=O)O. The van der Waals surface area contributed by atoms with Gasteiger partial charge in [0.15, 0.2) is 5.72 Å². The first-order valence-corrected chi connectivity index (χ1v) is 6.05. The number of aliphatic carboxylic acids is 1. The summed E-state index contributed by atoms with van der Waals surface area (Å²) in [6.07, 6.45) is -4.04. The van der Waals surface area contributed by atoms with Gasteiger partial charge in [0.05, 0.1) is 13.2 Å². The van der Waals surface area contributed by atoms with Crippen molar-refractivity contribution < 1.29 is 35.1 Å². The smallest absolute Gasteiger partial charge is 0.321 e. The summed E-state index contributed by atoms with van der Waals surface area (Å²) in [5.74, 6) is -1.50. The third kappa shape index (κ3) is 3.04. The molecule has 8 nitrogen and oxygen atoms in total.